The molecule has 1 saturated carbocycles. The Bertz CT molecular complexity index is 928. The van der Waals surface area contributed by atoms with Crippen LogP contribution in [0.3, 0.4) is 0 Å². The molecule has 0 spiro atoms. The van der Waals surface area contributed by atoms with Crippen molar-refractivity contribution >= 4 is 11.8 Å². The van der Waals surface area contributed by atoms with Gasteiger partial charge in [-0.2, -0.15) is 0 Å². The van der Waals surface area contributed by atoms with E-state index >= 15 is 0 Å². The molecule has 35 heavy (non-hydrogen) atoms. The van der Waals surface area contributed by atoms with Crippen LogP contribution in [0.5, 0.6) is 11.5 Å². The molecule has 1 fully saturated rings. The summed E-state index contributed by atoms with van der Waals surface area (Å²) in [4.78, 5) is 28.5. The van der Waals surface area contributed by atoms with Crippen LogP contribution in [0, 0.1) is 12.8 Å². The number of allylic oxidation sites excluding steroid dienone is 1. The second-order valence-electron chi connectivity index (χ2n) is 9.58. The number of fused-ring (bicyclic) bond motifs is 1. The molecule has 7 heteroatoms. The lowest BCUT2D eigenvalue weighted by molar-refractivity contribution is -0.150. The van der Waals surface area contributed by atoms with Gasteiger partial charge < -0.3 is 20.2 Å². The first-order valence-electron chi connectivity index (χ1n) is 12.7. The van der Waals surface area contributed by atoms with Crippen LogP contribution in [0.15, 0.2) is 42.6 Å². The van der Waals surface area contributed by atoms with Crippen LogP contribution in [-0.4, -0.2) is 61.2 Å². The standard InChI is InChI=1S/C21H34N2O3.C7H8O2/c1-5-8-13-22-14-11-17-15-18(10-12-21(17,26)16(22)4)23(19(24)7-3)20(25)9-6-2;1-5-2-3-6(8)7(9)4-5/h6,9,11,14,16-18,26H,5,7-8,10,12-13,15H2,1-4H3;2-4,8-9H,1H3/b9-6+;/t16-,17?,18?,21?;/m1./s1. The average molecular weight is 487 g/mol. The topological polar surface area (TPSA) is 101 Å². The number of aliphatic hydroxyl groups is 1. The quantitative estimate of drug-likeness (QED) is 0.400. The normalized spacial score (nSPS) is 25.5. The SMILES string of the molecule is C/C=C/C(=O)N(C(=O)CC)C1CCC2(O)C(C=CN(CCCC)[C@@H]2C)C1.Cc1ccc(O)c(O)c1. The van der Waals surface area contributed by atoms with Crippen molar-refractivity contribution in [1.29, 1.82) is 0 Å². The number of amides is 2. The molecule has 4 atom stereocenters. The lowest BCUT2D eigenvalue weighted by Crippen LogP contribution is -2.61. The molecule has 0 bridgehead atoms. The Morgan fingerprint density at radius 1 is 1.23 bits per heavy atom. The van der Waals surface area contributed by atoms with E-state index in [2.05, 4.69) is 31.0 Å². The number of phenolic OH excluding ortho intramolecular Hbond substituents is 2. The van der Waals surface area contributed by atoms with Gasteiger partial charge in [-0.15, -0.1) is 0 Å². The Morgan fingerprint density at radius 2 is 1.94 bits per heavy atom. The van der Waals surface area contributed by atoms with Gasteiger partial charge in [0.25, 0.3) is 5.91 Å². The van der Waals surface area contributed by atoms with Gasteiger partial charge in [-0.3, -0.25) is 14.5 Å². The molecule has 194 valence electrons. The van der Waals surface area contributed by atoms with E-state index in [1.54, 1.807) is 26.0 Å². The molecule has 1 aliphatic heterocycles. The first-order chi connectivity index (χ1) is 16.6. The minimum absolute atomic E-state index is 0.0281. The molecule has 1 aromatic carbocycles. The lowest BCUT2D eigenvalue weighted by atomic mass is 9.67. The van der Waals surface area contributed by atoms with Crippen molar-refractivity contribution in [3.05, 3.63) is 48.2 Å². The van der Waals surface area contributed by atoms with Crippen LogP contribution in [0.2, 0.25) is 0 Å². The zero-order valence-corrected chi connectivity index (χ0v) is 21.8. The molecule has 7 nitrogen and oxygen atoms in total. The number of rotatable bonds is 6. The molecule has 3 unspecified atom stereocenters. The van der Waals surface area contributed by atoms with E-state index < -0.39 is 5.60 Å². The van der Waals surface area contributed by atoms with Crippen molar-refractivity contribution < 1.29 is 24.9 Å². The van der Waals surface area contributed by atoms with Crippen LogP contribution in [0.25, 0.3) is 0 Å². The molecule has 0 saturated heterocycles. The summed E-state index contributed by atoms with van der Waals surface area (Å²) >= 11 is 0. The fourth-order valence-electron chi connectivity index (χ4n) is 4.97. The number of nitrogens with zero attached hydrogens (tertiary/aromatic N) is 2. The third-order valence-corrected chi connectivity index (χ3v) is 7.16. The van der Waals surface area contributed by atoms with Crippen molar-refractivity contribution in [2.45, 2.75) is 90.8 Å². The fourth-order valence-corrected chi connectivity index (χ4v) is 4.97. The Morgan fingerprint density at radius 3 is 2.51 bits per heavy atom. The first kappa shape index (κ1) is 28.4. The van der Waals surface area contributed by atoms with E-state index in [1.165, 1.54) is 23.1 Å². The number of benzene rings is 1. The molecule has 3 rings (SSSR count). The maximum atomic E-state index is 12.4. The molecule has 2 aliphatic rings. The predicted octanol–water partition coefficient (Wildman–Crippen LogP) is 4.65. The lowest BCUT2D eigenvalue weighted by Gasteiger charge is -2.52. The van der Waals surface area contributed by atoms with Gasteiger partial charge in [-0.1, -0.05) is 38.5 Å². The number of aryl methyl sites for hydroxylation is 1. The summed E-state index contributed by atoms with van der Waals surface area (Å²) in [5.41, 5.74) is 0.147. The van der Waals surface area contributed by atoms with Crippen molar-refractivity contribution in [2.75, 3.05) is 6.54 Å². The molecular formula is C28H42N2O5. The second-order valence-corrected chi connectivity index (χ2v) is 9.58. The summed E-state index contributed by atoms with van der Waals surface area (Å²) in [5.74, 6) is -0.538. The van der Waals surface area contributed by atoms with Crippen LogP contribution in [0.1, 0.15) is 71.8 Å². The van der Waals surface area contributed by atoms with E-state index in [0.717, 1.165) is 24.9 Å². The molecule has 1 aliphatic carbocycles. The van der Waals surface area contributed by atoms with Crippen LogP contribution in [0.4, 0.5) is 0 Å². The van der Waals surface area contributed by atoms with Gasteiger partial charge >= 0.3 is 0 Å². The van der Waals surface area contributed by atoms with Gasteiger partial charge in [0, 0.05) is 24.9 Å². The van der Waals surface area contributed by atoms with Crippen molar-refractivity contribution in [1.82, 2.24) is 9.80 Å². The minimum Gasteiger partial charge on any atom is -0.504 e. The van der Waals surface area contributed by atoms with Gasteiger partial charge in [0.15, 0.2) is 11.5 Å². The molecular weight excluding hydrogens is 444 g/mol. The van der Waals surface area contributed by atoms with Gasteiger partial charge in [0.2, 0.25) is 5.91 Å². The Balaban J connectivity index is 0.000000402. The number of hydrogen-bond donors (Lipinski definition) is 3. The summed E-state index contributed by atoms with van der Waals surface area (Å²) in [6.07, 6.45) is 11.7. The van der Waals surface area contributed by atoms with Crippen molar-refractivity contribution in [3.63, 3.8) is 0 Å². The van der Waals surface area contributed by atoms with Crippen LogP contribution in [-0.2, 0) is 9.59 Å². The maximum absolute atomic E-state index is 12.4. The zero-order valence-electron chi connectivity index (χ0n) is 21.8. The summed E-state index contributed by atoms with van der Waals surface area (Å²) in [7, 11) is 0. The Labute approximate surface area is 209 Å². The van der Waals surface area contributed by atoms with Crippen LogP contribution < -0.4 is 0 Å². The summed E-state index contributed by atoms with van der Waals surface area (Å²) in [6.45, 7) is 10.6. The fraction of sp³-hybridized carbons (Fsp3) is 0.571. The number of unbranched alkanes of at least 4 members (excludes halogenated alkanes) is 1. The molecule has 1 heterocycles. The molecule has 2 amide bonds. The van der Waals surface area contributed by atoms with Crippen LogP contribution >= 0.6 is 0 Å². The number of carbonyl (C=O) groups excluding carboxylic acids is 2. The highest BCUT2D eigenvalue weighted by Crippen LogP contribution is 2.43. The second kappa shape index (κ2) is 12.8. The molecule has 0 aromatic heterocycles. The van der Waals surface area contributed by atoms with Gasteiger partial charge in [0.1, 0.15) is 0 Å². The van der Waals surface area contributed by atoms with E-state index in [9.17, 15) is 14.7 Å². The highest BCUT2D eigenvalue weighted by molar-refractivity contribution is 6.01. The third-order valence-electron chi connectivity index (χ3n) is 7.16. The van der Waals surface area contributed by atoms with E-state index in [-0.39, 0.29) is 41.3 Å². The Kier molecular flexibility index (Phi) is 10.4. The van der Waals surface area contributed by atoms with Gasteiger partial charge in [0.05, 0.1) is 11.6 Å². The number of hydrogen-bond acceptors (Lipinski definition) is 6. The molecule has 0 radical (unpaired) electrons. The molecule has 1 aromatic rings. The number of phenols is 2. The highest BCUT2D eigenvalue weighted by Gasteiger charge is 2.50. The summed E-state index contributed by atoms with van der Waals surface area (Å²) in [5, 5.41) is 29.0. The highest BCUT2D eigenvalue weighted by atomic mass is 16.3. The minimum atomic E-state index is -0.788. The predicted molar refractivity (Wildman–Crippen MR) is 138 cm³/mol. The molecule has 3 N–H and O–H groups in total. The average Bonchev–Trinajstić information content (AvgIpc) is 2.83. The smallest absolute Gasteiger partial charge is 0.253 e. The summed E-state index contributed by atoms with van der Waals surface area (Å²) in [6, 6.07) is 4.61. The van der Waals surface area contributed by atoms with Crippen molar-refractivity contribution in [2.24, 2.45) is 5.92 Å². The van der Waals surface area contributed by atoms with Crippen molar-refractivity contribution in [3.8, 4) is 11.5 Å². The van der Waals surface area contributed by atoms with E-state index in [4.69, 9.17) is 10.2 Å². The van der Waals surface area contributed by atoms with Gasteiger partial charge in [-0.05, 0) is 76.4 Å². The largest absolute Gasteiger partial charge is 0.504 e. The van der Waals surface area contributed by atoms with E-state index in [1.807, 2.05) is 6.92 Å². The van der Waals surface area contributed by atoms with E-state index in [0.29, 0.717) is 25.7 Å². The third kappa shape index (κ3) is 6.88. The monoisotopic (exact) mass is 486 g/mol. The maximum Gasteiger partial charge on any atom is 0.253 e. The zero-order chi connectivity index (χ0) is 26.2. The number of carbonyl (C=O) groups is 2. The van der Waals surface area contributed by atoms with Gasteiger partial charge in [-0.25, -0.2) is 0 Å². The summed E-state index contributed by atoms with van der Waals surface area (Å²) < 4.78 is 0. The Hall–Kier alpha value is -2.80. The first-order valence-corrected chi connectivity index (χ1v) is 12.7. The number of imide groups is 1. The number of aromatic hydroxyl groups is 2.